The molecule has 2 aromatic rings. The van der Waals surface area contributed by atoms with Gasteiger partial charge in [-0.2, -0.15) is 5.26 Å². The van der Waals surface area contributed by atoms with Gasteiger partial charge in [-0.1, -0.05) is 64.5 Å². The number of aromatic nitrogens is 1. The molecule has 1 heterocycles. The van der Waals surface area contributed by atoms with E-state index in [2.05, 4.69) is 45.2 Å². The van der Waals surface area contributed by atoms with Crippen molar-refractivity contribution in [2.75, 3.05) is 5.32 Å². The van der Waals surface area contributed by atoms with Crippen molar-refractivity contribution in [3.05, 3.63) is 64.5 Å². The Kier molecular flexibility index (Phi) is 10.9. The minimum Gasteiger partial charge on any atom is -0.320 e. The molecule has 0 aliphatic heterocycles. The lowest BCUT2D eigenvalue weighted by Crippen LogP contribution is -2.19. The number of carbonyl (C=O) groups is 2. The maximum Gasteiger partial charge on any atom is 0.255 e. The van der Waals surface area contributed by atoms with E-state index in [9.17, 15) is 14.9 Å². The van der Waals surface area contributed by atoms with Crippen LogP contribution in [0.3, 0.4) is 0 Å². The Morgan fingerprint density at radius 1 is 1.05 bits per heavy atom. The smallest absolute Gasteiger partial charge is 0.255 e. The number of hydrogen-bond acceptors (Lipinski definition) is 4. The number of Topliss-reactive ketones (excluding diaryl/α,β-unsaturated/α-hetero) is 1. The van der Waals surface area contributed by atoms with Gasteiger partial charge in [0.15, 0.2) is 0 Å². The molecule has 5 heteroatoms. The largest absolute Gasteiger partial charge is 0.320 e. The molecule has 41 heavy (non-hydrogen) atoms. The first-order valence-corrected chi connectivity index (χ1v) is 15.8. The Bertz CT molecular complexity index is 1300. The zero-order valence-electron chi connectivity index (χ0n) is 25.5. The summed E-state index contributed by atoms with van der Waals surface area (Å²) >= 11 is 0. The molecule has 2 aliphatic carbocycles. The Hall–Kier alpha value is -3.26. The van der Waals surface area contributed by atoms with Crippen LogP contribution < -0.4 is 5.32 Å². The highest BCUT2D eigenvalue weighted by Gasteiger charge is 2.28. The third kappa shape index (κ3) is 7.94. The fourth-order valence-electron chi connectivity index (χ4n) is 6.82. The maximum atomic E-state index is 13.1. The molecule has 3 unspecified atom stereocenters. The highest BCUT2D eigenvalue weighted by Crippen LogP contribution is 2.41. The molecular weight excluding hydrogens is 506 g/mol. The van der Waals surface area contributed by atoms with Crippen molar-refractivity contribution in [2.45, 2.75) is 105 Å². The summed E-state index contributed by atoms with van der Waals surface area (Å²) in [4.78, 5) is 30.9. The molecule has 3 atom stereocenters. The number of nitrogens with one attached hydrogen (secondary N) is 1. The number of amides is 1. The lowest BCUT2D eigenvalue weighted by Gasteiger charge is -2.29. The number of nitriles is 1. The van der Waals surface area contributed by atoms with E-state index in [4.69, 9.17) is 4.98 Å². The monoisotopic (exact) mass is 553 g/mol. The first-order chi connectivity index (χ1) is 19.8. The van der Waals surface area contributed by atoms with Crippen molar-refractivity contribution in [2.24, 2.45) is 23.7 Å². The number of aryl methyl sites for hydroxylation is 1. The predicted molar refractivity (Wildman–Crippen MR) is 167 cm³/mol. The lowest BCUT2D eigenvalue weighted by atomic mass is 9.76. The zero-order chi connectivity index (χ0) is 29.4. The van der Waals surface area contributed by atoms with Gasteiger partial charge in [0.1, 0.15) is 5.78 Å². The summed E-state index contributed by atoms with van der Waals surface area (Å²) in [5.41, 5.74) is 6.15. The van der Waals surface area contributed by atoms with E-state index in [1.165, 1.54) is 37.7 Å². The molecule has 0 saturated heterocycles. The Morgan fingerprint density at radius 2 is 1.76 bits per heavy atom. The van der Waals surface area contributed by atoms with E-state index in [1.54, 1.807) is 30.5 Å². The van der Waals surface area contributed by atoms with Crippen LogP contribution in [0.2, 0.25) is 0 Å². The van der Waals surface area contributed by atoms with Gasteiger partial charge >= 0.3 is 0 Å². The summed E-state index contributed by atoms with van der Waals surface area (Å²) in [5, 5.41) is 12.3. The Labute approximate surface area is 246 Å². The first-order valence-electron chi connectivity index (χ1n) is 15.8. The van der Waals surface area contributed by atoms with Gasteiger partial charge < -0.3 is 5.32 Å². The Balaban J connectivity index is 1.59. The number of ketones is 1. The summed E-state index contributed by atoms with van der Waals surface area (Å²) < 4.78 is 0. The summed E-state index contributed by atoms with van der Waals surface area (Å²) in [6.45, 7) is 8.66. The van der Waals surface area contributed by atoms with Crippen LogP contribution >= 0.6 is 0 Å². The van der Waals surface area contributed by atoms with Crippen LogP contribution in [0.15, 0.2) is 36.5 Å². The molecule has 1 amide bonds. The quantitative estimate of drug-likeness (QED) is 0.336. The van der Waals surface area contributed by atoms with Crippen LogP contribution in [0.1, 0.15) is 124 Å². The molecule has 4 rings (SSSR count). The van der Waals surface area contributed by atoms with Crippen molar-refractivity contribution in [3.63, 3.8) is 0 Å². The number of benzene rings is 1. The molecule has 0 bridgehead atoms. The molecule has 1 aromatic heterocycles. The first kappa shape index (κ1) is 30.7. The standard InChI is InChI=1S/C36H47N3O2/c1-5-24(2)19-32(29-13-7-6-11-27(17-18-29)21-34(40)30-14-8-9-15-30)35-25(3)33(23-38-26(35)4)39-36(41)31-16-10-12-28(20-31)22-37/h10,12,16,19-20,23-24,27,29-30H,5-9,11,13-15,17-18,21H2,1-4H3,(H,39,41)/b32-19-. The molecular formula is C36H47N3O2. The van der Waals surface area contributed by atoms with E-state index < -0.39 is 0 Å². The van der Waals surface area contributed by atoms with E-state index in [0.29, 0.717) is 46.3 Å². The van der Waals surface area contributed by atoms with Crippen LogP contribution in [0.25, 0.3) is 5.57 Å². The molecule has 1 aromatic carbocycles. The van der Waals surface area contributed by atoms with Gasteiger partial charge in [-0.3, -0.25) is 14.6 Å². The summed E-state index contributed by atoms with van der Waals surface area (Å²) in [6.07, 6.45) is 17.5. The molecule has 2 fully saturated rings. The molecule has 0 spiro atoms. The Morgan fingerprint density at radius 3 is 2.46 bits per heavy atom. The number of hydrogen-bond donors (Lipinski definition) is 1. The SMILES string of the molecule is CCC(C)/C=C(\c1c(C)ncc(NC(=O)c2cccc(C#N)c2)c1C)C1CCCCC(CC(=O)C2CCCC2)CC1. The average molecular weight is 554 g/mol. The van der Waals surface area contributed by atoms with E-state index in [1.807, 2.05) is 0 Å². The number of carbonyl (C=O) groups excluding carboxylic acids is 2. The van der Waals surface area contributed by atoms with Crippen molar-refractivity contribution < 1.29 is 9.59 Å². The third-order valence-electron chi connectivity index (χ3n) is 9.51. The highest BCUT2D eigenvalue weighted by molar-refractivity contribution is 6.05. The van der Waals surface area contributed by atoms with Crippen molar-refractivity contribution in [1.82, 2.24) is 4.98 Å². The third-order valence-corrected chi connectivity index (χ3v) is 9.51. The second kappa shape index (κ2) is 14.6. The van der Waals surface area contributed by atoms with Crippen LogP contribution in [0.5, 0.6) is 0 Å². The fraction of sp³-hybridized carbons (Fsp3) is 0.556. The predicted octanol–water partition coefficient (Wildman–Crippen LogP) is 8.99. The topological polar surface area (TPSA) is 82.8 Å². The number of pyridine rings is 1. The number of anilines is 1. The van der Waals surface area contributed by atoms with Gasteiger partial charge in [0.25, 0.3) is 5.91 Å². The van der Waals surface area contributed by atoms with Gasteiger partial charge in [0, 0.05) is 29.2 Å². The lowest BCUT2D eigenvalue weighted by molar-refractivity contribution is -0.123. The fourth-order valence-corrected chi connectivity index (χ4v) is 6.82. The number of allylic oxidation sites excluding steroid dienone is 2. The molecule has 2 saturated carbocycles. The molecule has 1 N–H and O–H groups in total. The van der Waals surface area contributed by atoms with Gasteiger partial charge in [0.2, 0.25) is 0 Å². The molecule has 2 aliphatic rings. The summed E-state index contributed by atoms with van der Waals surface area (Å²) in [5.74, 6) is 1.92. The van der Waals surface area contributed by atoms with E-state index >= 15 is 0 Å². The maximum absolute atomic E-state index is 13.1. The molecule has 0 radical (unpaired) electrons. The van der Waals surface area contributed by atoms with Gasteiger partial charge in [-0.25, -0.2) is 0 Å². The molecule has 5 nitrogen and oxygen atoms in total. The van der Waals surface area contributed by atoms with Crippen molar-refractivity contribution in [3.8, 4) is 6.07 Å². The van der Waals surface area contributed by atoms with Crippen LogP contribution in [0, 0.1) is 48.9 Å². The van der Waals surface area contributed by atoms with Crippen molar-refractivity contribution in [1.29, 1.82) is 5.26 Å². The van der Waals surface area contributed by atoms with Crippen LogP contribution in [-0.2, 0) is 4.79 Å². The van der Waals surface area contributed by atoms with Gasteiger partial charge in [-0.05, 0) is 93.0 Å². The normalized spacial score (nSPS) is 21.0. The van der Waals surface area contributed by atoms with E-state index in [0.717, 1.165) is 61.8 Å². The minimum atomic E-state index is -0.241. The van der Waals surface area contributed by atoms with E-state index in [-0.39, 0.29) is 5.91 Å². The van der Waals surface area contributed by atoms with Crippen molar-refractivity contribution >= 4 is 23.0 Å². The summed E-state index contributed by atoms with van der Waals surface area (Å²) in [6, 6.07) is 8.88. The number of nitrogens with zero attached hydrogens (tertiary/aromatic N) is 2. The molecule has 218 valence electrons. The van der Waals surface area contributed by atoms with Crippen LogP contribution in [0.4, 0.5) is 5.69 Å². The van der Waals surface area contributed by atoms with Gasteiger partial charge in [0.05, 0.1) is 23.5 Å². The zero-order valence-corrected chi connectivity index (χ0v) is 25.5. The average Bonchev–Trinajstić information content (AvgIpc) is 3.51. The summed E-state index contributed by atoms with van der Waals surface area (Å²) in [7, 11) is 0. The highest BCUT2D eigenvalue weighted by atomic mass is 16.1. The van der Waals surface area contributed by atoms with Gasteiger partial charge in [-0.15, -0.1) is 0 Å². The van der Waals surface area contributed by atoms with Crippen LogP contribution in [-0.4, -0.2) is 16.7 Å². The minimum absolute atomic E-state index is 0.241. The second-order valence-electron chi connectivity index (χ2n) is 12.5. The number of rotatable bonds is 9. The second-order valence-corrected chi connectivity index (χ2v) is 12.5.